The number of ether oxygens (including phenoxy) is 1. The number of halogens is 1. The Morgan fingerprint density at radius 3 is 2.44 bits per heavy atom. The van der Waals surface area contributed by atoms with E-state index in [0.717, 1.165) is 29.7 Å². The molecule has 1 aliphatic heterocycles. The van der Waals surface area contributed by atoms with Crippen molar-refractivity contribution in [1.29, 1.82) is 0 Å². The van der Waals surface area contributed by atoms with E-state index in [0.29, 0.717) is 24.6 Å². The van der Waals surface area contributed by atoms with Crippen LogP contribution >= 0.6 is 0 Å². The first-order chi connectivity index (χ1) is 16.7. The minimum absolute atomic E-state index is 0.250. The van der Waals surface area contributed by atoms with Crippen LogP contribution in [0.3, 0.4) is 0 Å². The first-order valence-corrected chi connectivity index (χ1v) is 11.7. The number of nitrogens with zero attached hydrogens (tertiary/aromatic N) is 3. The molecule has 0 radical (unpaired) electrons. The van der Waals surface area contributed by atoms with Gasteiger partial charge in [0.15, 0.2) is 5.69 Å². The maximum Gasteiger partial charge on any atom is 0.276 e. The van der Waals surface area contributed by atoms with Crippen LogP contribution in [0.5, 0.6) is 5.75 Å². The van der Waals surface area contributed by atoms with Crippen molar-refractivity contribution in [3.05, 3.63) is 84.3 Å². The number of carbonyl (C=O) groups excluding carboxylic acids is 1. The summed E-state index contributed by atoms with van der Waals surface area (Å²) in [4.78, 5) is 15.5. The van der Waals surface area contributed by atoms with Gasteiger partial charge in [-0.3, -0.25) is 9.48 Å². The Bertz CT molecular complexity index is 1260. The average molecular weight is 459 g/mol. The van der Waals surface area contributed by atoms with Crippen LogP contribution in [-0.4, -0.2) is 35.4 Å². The standard InChI is InChI=1S/C27H27FN4O2/c28-20-8-14-23(15-9-20)34-19-18-32-25-7-3-2-6-24(25)26(30-32)27(33)29-21-10-12-22(13-11-21)31-16-4-1-5-17-31/h2-3,6-15H,1,4-5,16-19H2,(H,29,33). The molecule has 1 aromatic heterocycles. The summed E-state index contributed by atoms with van der Waals surface area (Å²) < 4.78 is 20.6. The molecule has 5 rings (SSSR count). The summed E-state index contributed by atoms with van der Waals surface area (Å²) in [5.41, 5.74) is 3.16. The Kier molecular flexibility index (Phi) is 6.42. The zero-order valence-corrected chi connectivity index (χ0v) is 18.9. The third kappa shape index (κ3) is 4.88. The van der Waals surface area contributed by atoms with E-state index in [9.17, 15) is 9.18 Å². The van der Waals surface area contributed by atoms with Gasteiger partial charge in [0.2, 0.25) is 0 Å². The molecule has 0 unspecified atom stereocenters. The number of piperidine rings is 1. The molecule has 1 amide bonds. The highest BCUT2D eigenvalue weighted by atomic mass is 19.1. The molecule has 1 aliphatic rings. The Balaban J connectivity index is 1.28. The van der Waals surface area contributed by atoms with Crippen LogP contribution in [0.1, 0.15) is 29.8 Å². The van der Waals surface area contributed by atoms with Crippen molar-refractivity contribution in [1.82, 2.24) is 9.78 Å². The van der Waals surface area contributed by atoms with E-state index in [1.165, 1.54) is 37.1 Å². The third-order valence-corrected chi connectivity index (χ3v) is 6.10. The van der Waals surface area contributed by atoms with Gasteiger partial charge in [0.25, 0.3) is 5.91 Å². The van der Waals surface area contributed by atoms with E-state index in [-0.39, 0.29) is 11.7 Å². The number of para-hydroxylation sites is 1. The quantitative estimate of drug-likeness (QED) is 0.397. The smallest absolute Gasteiger partial charge is 0.276 e. The highest BCUT2D eigenvalue weighted by Gasteiger charge is 2.18. The van der Waals surface area contributed by atoms with E-state index >= 15 is 0 Å². The first-order valence-electron chi connectivity index (χ1n) is 11.7. The lowest BCUT2D eigenvalue weighted by molar-refractivity contribution is 0.102. The molecule has 6 nitrogen and oxygen atoms in total. The van der Waals surface area contributed by atoms with Gasteiger partial charge in [-0.05, 0) is 73.9 Å². The second-order valence-corrected chi connectivity index (χ2v) is 8.44. The van der Waals surface area contributed by atoms with Crippen molar-refractivity contribution in [3.63, 3.8) is 0 Å². The summed E-state index contributed by atoms with van der Waals surface area (Å²) in [6.45, 7) is 2.96. The molecule has 2 heterocycles. The van der Waals surface area contributed by atoms with Gasteiger partial charge in [0.05, 0.1) is 12.1 Å². The summed E-state index contributed by atoms with van der Waals surface area (Å²) in [6.07, 6.45) is 3.75. The Morgan fingerprint density at radius 2 is 1.68 bits per heavy atom. The zero-order chi connectivity index (χ0) is 23.3. The number of nitrogens with one attached hydrogen (secondary N) is 1. The van der Waals surface area contributed by atoms with Gasteiger partial charge in [0.1, 0.15) is 18.2 Å². The molecule has 1 saturated heterocycles. The van der Waals surface area contributed by atoms with Crippen LogP contribution in [0.4, 0.5) is 15.8 Å². The molecule has 0 bridgehead atoms. The van der Waals surface area contributed by atoms with Crippen molar-refractivity contribution < 1.29 is 13.9 Å². The van der Waals surface area contributed by atoms with E-state index in [1.54, 1.807) is 16.8 Å². The highest BCUT2D eigenvalue weighted by molar-refractivity contribution is 6.11. The second kappa shape index (κ2) is 9.95. The molecular formula is C27H27FN4O2. The first kappa shape index (κ1) is 21.9. The number of hydrogen-bond donors (Lipinski definition) is 1. The van der Waals surface area contributed by atoms with E-state index in [2.05, 4.69) is 27.4 Å². The van der Waals surface area contributed by atoms with Crippen LogP contribution in [0.2, 0.25) is 0 Å². The van der Waals surface area contributed by atoms with E-state index in [1.807, 2.05) is 36.4 Å². The molecule has 0 aliphatic carbocycles. The number of carbonyl (C=O) groups is 1. The number of amides is 1. The predicted octanol–water partition coefficient (Wildman–Crippen LogP) is 5.50. The molecule has 1 fully saturated rings. The van der Waals surface area contributed by atoms with Gasteiger partial charge in [-0.15, -0.1) is 0 Å². The van der Waals surface area contributed by atoms with E-state index < -0.39 is 0 Å². The fraction of sp³-hybridized carbons (Fsp3) is 0.259. The highest BCUT2D eigenvalue weighted by Crippen LogP contribution is 2.24. The third-order valence-electron chi connectivity index (χ3n) is 6.10. The molecule has 3 aromatic carbocycles. The molecular weight excluding hydrogens is 431 g/mol. The van der Waals surface area contributed by atoms with Gasteiger partial charge < -0.3 is 15.0 Å². The van der Waals surface area contributed by atoms with Crippen molar-refractivity contribution >= 4 is 28.2 Å². The lowest BCUT2D eigenvalue weighted by Crippen LogP contribution is -2.29. The van der Waals surface area contributed by atoms with Gasteiger partial charge in [-0.2, -0.15) is 5.10 Å². The Morgan fingerprint density at radius 1 is 0.941 bits per heavy atom. The van der Waals surface area contributed by atoms with Gasteiger partial charge >= 0.3 is 0 Å². The van der Waals surface area contributed by atoms with Crippen molar-refractivity contribution in [2.45, 2.75) is 25.8 Å². The number of anilines is 2. The van der Waals surface area contributed by atoms with Crippen molar-refractivity contribution in [2.75, 3.05) is 29.9 Å². The summed E-state index contributed by atoms with van der Waals surface area (Å²) in [5, 5.41) is 8.34. The van der Waals surface area contributed by atoms with Crippen LogP contribution in [0.25, 0.3) is 10.9 Å². The number of aromatic nitrogens is 2. The summed E-state index contributed by atoms with van der Waals surface area (Å²) in [6, 6.07) is 21.6. The minimum Gasteiger partial charge on any atom is -0.492 e. The van der Waals surface area contributed by atoms with Gasteiger partial charge in [-0.1, -0.05) is 18.2 Å². The van der Waals surface area contributed by atoms with Crippen LogP contribution < -0.4 is 15.0 Å². The molecule has 0 spiro atoms. The predicted molar refractivity (Wildman–Crippen MR) is 132 cm³/mol. The van der Waals surface area contributed by atoms with Crippen LogP contribution in [0.15, 0.2) is 72.8 Å². The summed E-state index contributed by atoms with van der Waals surface area (Å²) in [5.74, 6) is 0.0335. The maximum absolute atomic E-state index is 13.1. The van der Waals surface area contributed by atoms with Gasteiger partial charge in [0, 0.05) is 29.9 Å². The number of benzene rings is 3. The topological polar surface area (TPSA) is 59.4 Å². The van der Waals surface area contributed by atoms with Crippen molar-refractivity contribution in [2.24, 2.45) is 0 Å². The summed E-state index contributed by atoms with van der Waals surface area (Å²) >= 11 is 0. The molecule has 4 aromatic rings. The minimum atomic E-state index is -0.304. The fourth-order valence-electron chi connectivity index (χ4n) is 4.34. The number of rotatable bonds is 7. The lowest BCUT2D eigenvalue weighted by atomic mass is 10.1. The Labute approximate surface area is 197 Å². The number of fused-ring (bicyclic) bond motifs is 1. The molecule has 0 saturated carbocycles. The van der Waals surface area contributed by atoms with Crippen LogP contribution in [-0.2, 0) is 6.54 Å². The SMILES string of the molecule is O=C(Nc1ccc(N2CCCCC2)cc1)c1nn(CCOc2ccc(F)cc2)c2ccccc12. The molecule has 7 heteroatoms. The average Bonchev–Trinajstić information content (AvgIpc) is 3.25. The normalized spacial score (nSPS) is 13.7. The van der Waals surface area contributed by atoms with Crippen molar-refractivity contribution in [3.8, 4) is 5.75 Å². The lowest BCUT2D eigenvalue weighted by Gasteiger charge is -2.28. The zero-order valence-electron chi connectivity index (χ0n) is 18.9. The largest absolute Gasteiger partial charge is 0.492 e. The van der Waals surface area contributed by atoms with E-state index in [4.69, 9.17) is 4.74 Å². The van der Waals surface area contributed by atoms with Gasteiger partial charge in [-0.25, -0.2) is 4.39 Å². The molecule has 1 N–H and O–H groups in total. The fourth-order valence-corrected chi connectivity index (χ4v) is 4.34. The molecule has 0 atom stereocenters. The number of hydrogen-bond acceptors (Lipinski definition) is 4. The summed E-state index contributed by atoms with van der Waals surface area (Å²) in [7, 11) is 0. The molecule has 34 heavy (non-hydrogen) atoms. The monoisotopic (exact) mass is 458 g/mol. The maximum atomic E-state index is 13.1. The second-order valence-electron chi connectivity index (χ2n) is 8.44. The van der Waals surface area contributed by atoms with Crippen LogP contribution in [0, 0.1) is 5.82 Å². The molecule has 174 valence electrons. The Hall–Kier alpha value is -3.87.